The third kappa shape index (κ3) is 1.70. The minimum Gasteiger partial charge on any atom is -0.465 e. The van der Waals surface area contributed by atoms with Crippen LogP contribution in [0.5, 0.6) is 0 Å². The van der Waals surface area contributed by atoms with Gasteiger partial charge in [0.15, 0.2) is 0 Å². The van der Waals surface area contributed by atoms with Crippen LogP contribution in [0, 0.1) is 0 Å². The van der Waals surface area contributed by atoms with Gasteiger partial charge >= 0.3 is 5.97 Å². The fourth-order valence-electron chi connectivity index (χ4n) is 2.90. The summed E-state index contributed by atoms with van der Waals surface area (Å²) >= 11 is 0. The maximum atomic E-state index is 11.9. The molecular weight excluding hydrogens is 250 g/mol. The van der Waals surface area contributed by atoms with Gasteiger partial charge in [-0.15, -0.1) is 0 Å². The van der Waals surface area contributed by atoms with E-state index in [0.29, 0.717) is 5.56 Å². The van der Waals surface area contributed by atoms with Gasteiger partial charge in [-0.2, -0.15) is 0 Å². The molecular formula is C17H17NO2. The molecule has 2 aromatic carbocycles. The summed E-state index contributed by atoms with van der Waals surface area (Å²) in [4.78, 5) is 11.9. The molecule has 0 spiro atoms. The number of methoxy groups -OCH3 is 1. The van der Waals surface area contributed by atoms with E-state index < -0.39 is 0 Å². The monoisotopic (exact) mass is 267 g/mol. The zero-order chi connectivity index (χ0) is 14.3. The molecule has 0 bridgehead atoms. The van der Waals surface area contributed by atoms with E-state index in [4.69, 9.17) is 4.74 Å². The van der Waals surface area contributed by atoms with Gasteiger partial charge in [-0.1, -0.05) is 44.2 Å². The van der Waals surface area contributed by atoms with Crippen molar-refractivity contribution in [3.05, 3.63) is 59.2 Å². The molecule has 0 fully saturated rings. The molecule has 0 saturated heterocycles. The molecule has 0 amide bonds. The molecule has 0 aromatic heterocycles. The zero-order valence-corrected chi connectivity index (χ0v) is 11.9. The Labute approximate surface area is 118 Å². The number of fused-ring (bicyclic) bond motifs is 2. The summed E-state index contributed by atoms with van der Waals surface area (Å²) in [5, 5.41) is 3.38. The van der Waals surface area contributed by atoms with Gasteiger partial charge in [0.05, 0.1) is 18.4 Å². The molecule has 1 aliphatic heterocycles. The highest BCUT2D eigenvalue weighted by atomic mass is 16.5. The Bertz CT molecular complexity index is 689. The van der Waals surface area contributed by atoms with Crippen molar-refractivity contribution in [2.24, 2.45) is 0 Å². The van der Waals surface area contributed by atoms with Gasteiger partial charge in [0, 0.05) is 11.1 Å². The number of carbonyl (C=O) groups is 1. The third-order valence-corrected chi connectivity index (χ3v) is 4.00. The molecule has 0 aliphatic carbocycles. The van der Waals surface area contributed by atoms with Crippen LogP contribution in [0.2, 0.25) is 0 Å². The van der Waals surface area contributed by atoms with Crippen molar-refractivity contribution >= 4 is 17.3 Å². The highest BCUT2D eigenvalue weighted by molar-refractivity contribution is 5.98. The Morgan fingerprint density at radius 3 is 2.50 bits per heavy atom. The van der Waals surface area contributed by atoms with E-state index in [1.54, 1.807) is 6.07 Å². The van der Waals surface area contributed by atoms with Crippen molar-refractivity contribution in [2.45, 2.75) is 19.3 Å². The topological polar surface area (TPSA) is 38.3 Å². The fraction of sp³-hybridized carbons (Fsp3) is 0.235. The molecule has 1 aliphatic rings. The Morgan fingerprint density at radius 1 is 1.05 bits per heavy atom. The van der Waals surface area contributed by atoms with Crippen molar-refractivity contribution in [1.29, 1.82) is 0 Å². The number of esters is 1. The number of rotatable bonds is 1. The number of hydrogen-bond acceptors (Lipinski definition) is 3. The van der Waals surface area contributed by atoms with Crippen LogP contribution >= 0.6 is 0 Å². The van der Waals surface area contributed by atoms with Crippen LogP contribution in [-0.2, 0) is 10.2 Å². The second-order valence-electron chi connectivity index (χ2n) is 5.52. The van der Waals surface area contributed by atoms with Gasteiger partial charge in [0.1, 0.15) is 0 Å². The molecule has 102 valence electrons. The zero-order valence-electron chi connectivity index (χ0n) is 11.9. The van der Waals surface area contributed by atoms with E-state index >= 15 is 0 Å². The Balaban J connectivity index is 2.25. The summed E-state index contributed by atoms with van der Waals surface area (Å²) in [6, 6.07) is 13.9. The maximum Gasteiger partial charge on any atom is 0.339 e. The lowest BCUT2D eigenvalue weighted by molar-refractivity contribution is 0.0601. The predicted molar refractivity (Wildman–Crippen MR) is 79.6 cm³/mol. The van der Waals surface area contributed by atoms with Gasteiger partial charge in [-0.3, -0.25) is 0 Å². The summed E-state index contributed by atoms with van der Waals surface area (Å²) in [7, 11) is 1.41. The number of carbonyl (C=O) groups excluding carboxylic acids is 1. The average molecular weight is 267 g/mol. The molecule has 0 radical (unpaired) electrons. The number of para-hydroxylation sites is 2. The van der Waals surface area contributed by atoms with Crippen LogP contribution in [0.15, 0.2) is 42.5 Å². The van der Waals surface area contributed by atoms with Crippen molar-refractivity contribution in [3.63, 3.8) is 0 Å². The first kappa shape index (κ1) is 12.7. The van der Waals surface area contributed by atoms with E-state index in [1.807, 2.05) is 24.3 Å². The molecule has 1 heterocycles. The highest BCUT2D eigenvalue weighted by Crippen LogP contribution is 2.46. The summed E-state index contributed by atoms with van der Waals surface area (Å²) in [6.45, 7) is 4.35. The lowest BCUT2D eigenvalue weighted by Gasteiger charge is -2.36. The minimum absolute atomic E-state index is 0.152. The van der Waals surface area contributed by atoms with Crippen LogP contribution in [-0.4, -0.2) is 13.1 Å². The molecule has 0 unspecified atom stereocenters. The lowest BCUT2D eigenvalue weighted by Crippen LogP contribution is -2.27. The smallest absolute Gasteiger partial charge is 0.339 e. The van der Waals surface area contributed by atoms with Crippen molar-refractivity contribution in [3.8, 4) is 0 Å². The SMILES string of the molecule is COC(=O)c1cccc2c1Nc1ccccc1C2(C)C. The summed E-state index contributed by atoms with van der Waals surface area (Å²) in [5.41, 5.74) is 4.66. The van der Waals surface area contributed by atoms with Crippen LogP contribution in [0.1, 0.15) is 35.3 Å². The molecule has 0 atom stereocenters. The number of nitrogens with one attached hydrogen (secondary N) is 1. The van der Waals surface area contributed by atoms with Crippen LogP contribution < -0.4 is 5.32 Å². The third-order valence-electron chi connectivity index (χ3n) is 4.00. The van der Waals surface area contributed by atoms with E-state index in [9.17, 15) is 4.79 Å². The molecule has 2 aromatic rings. The first-order valence-corrected chi connectivity index (χ1v) is 6.64. The van der Waals surface area contributed by atoms with Crippen LogP contribution in [0.25, 0.3) is 0 Å². The molecule has 3 nitrogen and oxygen atoms in total. The van der Waals surface area contributed by atoms with Crippen molar-refractivity contribution in [2.75, 3.05) is 12.4 Å². The Kier molecular flexibility index (Phi) is 2.78. The average Bonchev–Trinajstić information content (AvgIpc) is 2.46. The fourth-order valence-corrected chi connectivity index (χ4v) is 2.90. The summed E-state index contributed by atoms with van der Waals surface area (Å²) in [5.74, 6) is -0.315. The molecule has 0 saturated carbocycles. The Morgan fingerprint density at radius 2 is 1.75 bits per heavy atom. The Hall–Kier alpha value is -2.29. The first-order chi connectivity index (χ1) is 9.55. The van der Waals surface area contributed by atoms with Gasteiger partial charge < -0.3 is 10.1 Å². The van der Waals surface area contributed by atoms with Gasteiger partial charge in [-0.25, -0.2) is 4.79 Å². The normalized spacial score (nSPS) is 14.8. The maximum absolute atomic E-state index is 11.9. The standard InChI is InChI=1S/C17H17NO2/c1-17(2)12-8-4-5-10-14(12)18-15-11(16(19)20-3)7-6-9-13(15)17/h4-10,18H,1-3H3. The molecule has 3 heteroatoms. The molecule has 3 rings (SSSR count). The highest BCUT2D eigenvalue weighted by Gasteiger charge is 2.34. The molecule has 20 heavy (non-hydrogen) atoms. The van der Waals surface area contributed by atoms with Crippen LogP contribution in [0.4, 0.5) is 11.4 Å². The summed E-state index contributed by atoms with van der Waals surface area (Å²) in [6.07, 6.45) is 0. The van der Waals surface area contributed by atoms with Gasteiger partial charge in [-0.05, 0) is 23.3 Å². The second-order valence-corrected chi connectivity index (χ2v) is 5.52. The minimum atomic E-state index is -0.315. The van der Waals surface area contributed by atoms with E-state index in [2.05, 4.69) is 31.3 Å². The van der Waals surface area contributed by atoms with E-state index in [1.165, 1.54) is 12.7 Å². The number of anilines is 2. The van der Waals surface area contributed by atoms with Gasteiger partial charge in [0.2, 0.25) is 0 Å². The largest absolute Gasteiger partial charge is 0.465 e. The second kappa shape index (κ2) is 4.37. The van der Waals surface area contributed by atoms with Crippen molar-refractivity contribution in [1.82, 2.24) is 0 Å². The van der Waals surface area contributed by atoms with E-state index in [0.717, 1.165) is 16.9 Å². The van der Waals surface area contributed by atoms with Crippen molar-refractivity contribution < 1.29 is 9.53 Å². The first-order valence-electron chi connectivity index (χ1n) is 6.64. The van der Waals surface area contributed by atoms with Crippen LogP contribution in [0.3, 0.4) is 0 Å². The number of benzene rings is 2. The lowest BCUT2D eigenvalue weighted by atomic mass is 9.73. The number of ether oxygens (including phenoxy) is 1. The number of hydrogen-bond donors (Lipinski definition) is 1. The molecule has 1 N–H and O–H groups in total. The summed E-state index contributed by atoms with van der Waals surface area (Å²) < 4.78 is 4.88. The van der Waals surface area contributed by atoms with E-state index in [-0.39, 0.29) is 11.4 Å². The quantitative estimate of drug-likeness (QED) is 0.797. The van der Waals surface area contributed by atoms with Gasteiger partial charge in [0.25, 0.3) is 0 Å². The predicted octanol–water partition coefficient (Wildman–Crippen LogP) is 3.86.